The van der Waals surface area contributed by atoms with Crippen LogP contribution in [0.3, 0.4) is 0 Å². The first-order valence-electron chi connectivity index (χ1n) is 5.92. The van der Waals surface area contributed by atoms with Gasteiger partial charge in [-0.1, -0.05) is 24.3 Å². The lowest BCUT2D eigenvalue weighted by molar-refractivity contribution is 0.0694. The number of primary amides is 2. The van der Waals surface area contributed by atoms with E-state index in [1.807, 2.05) is 0 Å². The molecule has 2 rings (SSSR count). The topological polar surface area (TPSA) is 141 Å². The Morgan fingerprint density at radius 3 is 1.59 bits per heavy atom. The molecule has 0 radical (unpaired) electrons. The molecule has 5 N–H and O–H groups in total. The maximum atomic E-state index is 11.8. The van der Waals surface area contributed by atoms with Gasteiger partial charge in [0.05, 0.1) is 16.7 Å². The van der Waals surface area contributed by atoms with E-state index in [1.54, 1.807) is 6.07 Å². The number of hydrogen-bond acceptors (Lipinski definition) is 4. The number of hydrogen-bond donors (Lipinski definition) is 4. The summed E-state index contributed by atoms with van der Waals surface area (Å²) >= 11 is 3.68. The molecule has 0 saturated heterocycles. The van der Waals surface area contributed by atoms with Crippen molar-refractivity contribution in [3.8, 4) is 0 Å². The first-order valence-corrected chi connectivity index (χ1v) is 6.37. The monoisotopic (exact) mass is 318 g/mol. The van der Waals surface area contributed by atoms with E-state index in [-0.39, 0.29) is 16.3 Å². The Balaban J connectivity index is 3.25. The first kappa shape index (κ1) is 15.5. The molecule has 0 aliphatic heterocycles. The summed E-state index contributed by atoms with van der Waals surface area (Å²) in [6.45, 7) is 0. The van der Waals surface area contributed by atoms with E-state index < -0.39 is 39.6 Å². The van der Waals surface area contributed by atoms with E-state index in [1.165, 1.54) is 18.2 Å². The molecule has 0 bridgehead atoms. The van der Waals surface area contributed by atoms with Crippen LogP contribution in [0.2, 0.25) is 0 Å². The van der Waals surface area contributed by atoms with Crippen LogP contribution in [-0.4, -0.2) is 28.0 Å². The van der Waals surface area contributed by atoms with Crippen LogP contribution in [0.4, 0.5) is 0 Å². The number of benzene rings is 2. The molecular weight excluding hydrogens is 308 g/mol. The van der Waals surface area contributed by atoms with Crippen molar-refractivity contribution in [1.29, 1.82) is 0 Å². The zero-order chi connectivity index (χ0) is 16.6. The number of rotatable bonds is 4. The molecule has 0 aliphatic carbocycles. The van der Waals surface area contributed by atoms with E-state index >= 15 is 0 Å². The third kappa shape index (κ3) is 2.29. The van der Waals surface area contributed by atoms with Gasteiger partial charge in [0.15, 0.2) is 0 Å². The molecule has 112 valence electrons. The molecule has 8 heteroatoms. The molecule has 0 heterocycles. The standard InChI is InChI=1S/C14H10N2O5S/c15-11(17)9-7(13(19)20)5-3-1-2-4-6(5)8(14(21)22)10(9)12(16)18/h1-4H,(H2,15,17)(H2,16,18)(H,19,20)(H,21,22). The van der Waals surface area contributed by atoms with Gasteiger partial charge in [0.25, 0.3) is 0 Å². The first-order chi connectivity index (χ1) is 10.3. The van der Waals surface area contributed by atoms with Gasteiger partial charge in [-0.25, -0.2) is 4.79 Å². The van der Waals surface area contributed by atoms with Crippen LogP contribution in [0.15, 0.2) is 24.3 Å². The maximum Gasteiger partial charge on any atom is 0.337 e. The van der Waals surface area contributed by atoms with Gasteiger partial charge in [0, 0.05) is 5.56 Å². The summed E-state index contributed by atoms with van der Waals surface area (Å²) in [6, 6.07) is 5.90. The summed E-state index contributed by atoms with van der Waals surface area (Å²) in [5, 5.41) is 8.80. The number of carboxylic acids is 1. The fraction of sp³-hybridized carbons (Fsp3) is 0. The number of amides is 2. The van der Waals surface area contributed by atoms with Gasteiger partial charge < -0.3 is 16.6 Å². The van der Waals surface area contributed by atoms with Crippen molar-refractivity contribution in [2.75, 3.05) is 0 Å². The summed E-state index contributed by atoms with van der Waals surface area (Å²) in [5.41, 5.74) is 8.57. The molecule has 0 spiro atoms. The highest BCUT2D eigenvalue weighted by Gasteiger charge is 2.30. The third-order valence-corrected chi connectivity index (χ3v) is 3.36. The molecule has 0 saturated carbocycles. The smallest absolute Gasteiger partial charge is 0.337 e. The zero-order valence-corrected chi connectivity index (χ0v) is 11.9. The molecule has 0 aromatic heterocycles. The van der Waals surface area contributed by atoms with Gasteiger partial charge in [-0.2, -0.15) is 0 Å². The average Bonchev–Trinajstić information content (AvgIpc) is 2.43. The second kappa shape index (κ2) is 5.49. The molecule has 2 aromatic carbocycles. The molecule has 0 atom stereocenters. The molecule has 0 unspecified atom stereocenters. The van der Waals surface area contributed by atoms with Crippen LogP contribution in [0.5, 0.6) is 0 Å². The maximum absolute atomic E-state index is 11.8. The molecular formula is C14H10N2O5S. The Morgan fingerprint density at radius 1 is 0.818 bits per heavy atom. The van der Waals surface area contributed by atoms with Crippen molar-refractivity contribution in [3.05, 3.63) is 46.5 Å². The van der Waals surface area contributed by atoms with E-state index in [4.69, 9.17) is 11.5 Å². The van der Waals surface area contributed by atoms with Crippen LogP contribution >= 0.6 is 12.6 Å². The van der Waals surface area contributed by atoms with E-state index in [0.29, 0.717) is 0 Å². The van der Waals surface area contributed by atoms with E-state index in [2.05, 4.69) is 12.6 Å². The highest BCUT2D eigenvalue weighted by Crippen LogP contribution is 2.31. The van der Waals surface area contributed by atoms with Crippen molar-refractivity contribution in [1.82, 2.24) is 0 Å². The quantitative estimate of drug-likeness (QED) is 0.617. The van der Waals surface area contributed by atoms with Crippen molar-refractivity contribution in [2.45, 2.75) is 0 Å². The number of carbonyl (C=O) groups excluding carboxylic acids is 3. The third-order valence-electron chi connectivity index (χ3n) is 3.14. The number of aromatic carboxylic acids is 1. The summed E-state index contributed by atoms with van der Waals surface area (Å²) in [7, 11) is 0. The van der Waals surface area contributed by atoms with Crippen LogP contribution in [0.25, 0.3) is 10.8 Å². The van der Waals surface area contributed by atoms with Crippen LogP contribution in [0.1, 0.15) is 41.4 Å². The largest absolute Gasteiger partial charge is 0.478 e. The Hall–Kier alpha value is -2.87. The van der Waals surface area contributed by atoms with E-state index in [9.17, 15) is 24.3 Å². The summed E-state index contributed by atoms with van der Waals surface area (Å²) < 4.78 is 0. The van der Waals surface area contributed by atoms with Gasteiger partial charge in [-0.15, -0.1) is 12.6 Å². The van der Waals surface area contributed by atoms with Gasteiger partial charge in [0.2, 0.25) is 16.9 Å². The minimum absolute atomic E-state index is 0.0891. The molecule has 7 nitrogen and oxygen atoms in total. The predicted molar refractivity (Wildman–Crippen MR) is 81.3 cm³/mol. The average molecular weight is 318 g/mol. The summed E-state index contributed by atoms with van der Waals surface area (Å²) in [4.78, 5) is 46.7. The van der Waals surface area contributed by atoms with Crippen LogP contribution < -0.4 is 11.5 Å². The van der Waals surface area contributed by atoms with Gasteiger partial charge in [0.1, 0.15) is 0 Å². The summed E-state index contributed by atoms with van der Waals surface area (Å²) in [6.07, 6.45) is 0. The van der Waals surface area contributed by atoms with Gasteiger partial charge in [-0.3, -0.25) is 14.4 Å². The minimum atomic E-state index is -1.47. The minimum Gasteiger partial charge on any atom is -0.478 e. The zero-order valence-electron chi connectivity index (χ0n) is 11.0. The predicted octanol–water partition coefficient (Wildman–Crippen LogP) is 0.806. The van der Waals surface area contributed by atoms with Crippen LogP contribution in [-0.2, 0) is 0 Å². The fourth-order valence-corrected chi connectivity index (χ4v) is 2.61. The normalized spacial score (nSPS) is 10.4. The van der Waals surface area contributed by atoms with Crippen molar-refractivity contribution >= 4 is 46.3 Å². The number of thiol groups is 1. The number of fused-ring (bicyclic) bond motifs is 1. The number of nitrogens with two attached hydrogens (primary N) is 2. The Labute approximate surface area is 129 Å². The summed E-state index contributed by atoms with van der Waals surface area (Å²) in [5.74, 6) is -3.78. The van der Waals surface area contributed by atoms with Crippen LogP contribution in [0, 0.1) is 0 Å². The van der Waals surface area contributed by atoms with E-state index in [0.717, 1.165) is 0 Å². The molecule has 2 aromatic rings. The Bertz CT molecular complexity index is 789. The van der Waals surface area contributed by atoms with Crippen molar-refractivity contribution in [2.24, 2.45) is 11.5 Å². The van der Waals surface area contributed by atoms with Crippen molar-refractivity contribution < 1.29 is 24.3 Å². The SMILES string of the molecule is NC(=O)c1c(C(N)=O)c(C(=O)S)c2ccccc2c1C(=O)O. The van der Waals surface area contributed by atoms with Gasteiger partial charge in [-0.05, 0) is 10.8 Å². The number of carboxylic acid groups (broad SMARTS) is 1. The molecule has 0 aliphatic rings. The Morgan fingerprint density at radius 2 is 1.23 bits per heavy atom. The lowest BCUT2D eigenvalue weighted by Crippen LogP contribution is -2.27. The fourth-order valence-electron chi connectivity index (χ4n) is 2.38. The Kier molecular flexibility index (Phi) is 3.87. The lowest BCUT2D eigenvalue weighted by atomic mass is 9.88. The second-order valence-electron chi connectivity index (χ2n) is 4.38. The highest BCUT2D eigenvalue weighted by atomic mass is 32.1. The lowest BCUT2D eigenvalue weighted by Gasteiger charge is -2.15. The highest BCUT2D eigenvalue weighted by molar-refractivity contribution is 7.97. The molecule has 2 amide bonds. The van der Waals surface area contributed by atoms with Crippen molar-refractivity contribution in [3.63, 3.8) is 0 Å². The van der Waals surface area contributed by atoms with Gasteiger partial charge >= 0.3 is 5.97 Å². The molecule has 0 fully saturated rings. The second-order valence-corrected chi connectivity index (χ2v) is 4.79. The molecule has 22 heavy (non-hydrogen) atoms. The number of carbonyl (C=O) groups is 4.